The topological polar surface area (TPSA) is 21.3 Å². The van der Waals surface area contributed by atoms with Crippen molar-refractivity contribution in [1.82, 2.24) is 5.32 Å². The molecule has 2 heteroatoms. The molecule has 0 radical (unpaired) electrons. The van der Waals surface area contributed by atoms with Gasteiger partial charge in [-0.1, -0.05) is 30.3 Å². The fourth-order valence-corrected chi connectivity index (χ4v) is 3.12. The summed E-state index contributed by atoms with van der Waals surface area (Å²) >= 11 is 0. The number of rotatable bonds is 5. The summed E-state index contributed by atoms with van der Waals surface area (Å²) in [5.41, 5.74) is 5.56. The Kier molecular flexibility index (Phi) is 4.26. The lowest BCUT2D eigenvalue weighted by atomic mass is 10.0. The maximum atomic E-state index is 6.03. The normalized spacial score (nSPS) is 14.8. The van der Waals surface area contributed by atoms with Crippen molar-refractivity contribution in [3.8, 4) is 5.75 Å². The minimum atomic E-state index is 0.222. The van der Waals surface area contributed by atoms with Gasteiger partial charge in [-0.3, -0.25) is 0 Å². The summed E-state index contributed by atoms with van der Waals surface area (Å²) in [6.45, 7) is 2.80. The number of likely N-dealkylation sites (N-methyl/N-ethyl adjacent to an activating group) is 1. The molecule has 0 spiro atoms. The average Bonchev–Trinajstić information content (AvgIpc) is 2.97. The fraction of sp³-hybridized carbons (Fsp3) is 0.368. The molecule has 0 bridgehead atoms. The first-order valence-corrected chi connectivity index (χ1v) is 7.75. The van der Waals surface area contributed by atoms with Crippen LogP contribution in [0.5, 0.6) is 5.75 Å². The Morgan fingerprint density at radius 3 is 2.71 bits per heavy atom. The molecule has 0 aliphatic heterocycles. The number of aryl methyl sites for hydroxylation is 3. The van der Waals surface area contributed by atoms with E-state index >= 15 is 0 Å². The summed E-state index contributed by atoms with van der Waals surface area (Å²) in [5, 5.41) is 3.36. The second-order valence-electron chi connectivity index (χ2n) is 5.79. The van der Waals surface area contributed by atoms with E-state index in [-0.39, 0.29) is 6.04 Å². The highest BCUT2D eigenvalue weighted by Gasteiger charge is 2.14. The predicted octanol–water partition coefficient (Wildman–Crippen LogP) is 3.82. The highest BCUT2D eigenvalue weighted by atomic mass is 16.5. The van der Waals surface area contributed by atoms with Gasteiger partial charge in [0, 0.05) is 0 Å². The van der Waals surface area contributed by atoms with Crippen molar-refractivity contribution >= 4 is 0 Å². The van der Waals surface area contributed by atoms with Crippen molar-refractivity contribution in [2.75, 3.05) is 13.7 Å². The summed E-state index contributed by atoms with van der Waals surface area (Å²) in [6.07, 6.45) is 3.69. The molecular formula is C19H23NO. The van der Waals surface area contributed by atoms with E-state index in [4.69, 9.17) is 4.74 Å². The van der Waals surface area contributed by atoms with Gasteiger partial charge < -0.3 is 10.1 Å². The van der Waals surface area contributed by atoms with Gasteiger partial charge in [0.1, 0.15) is 12.4 Å². The molecule has 2 nitrogen and oxygen atoms in total. The lowest BCUT2D eigenvalue weighted by Gasteiger charge is -2.19. The van der Waals surface area contributed by atoms with Crippen molar-refractivity contribution < 1.29 is 4.74 Å². The van der Waals surface area contributed by atoms with Gasteiger partial charge >= 0.3 is 0 Å². The number of fused-ring (bicyclic) bond motifs is 1. The Balaban J connectivity index is 1.70. The van der Waals surface area contributed by atoms with Gasteiger partial charge in [-0.05, 0) is 67.6 Å². The minimum Gasteiger partial charge on any atom is -0.492 e. The van der Waals surface area contributed by atoms with Crippen LogP contribution in [0.4, 0.5) is 0 Å². The fourth-order valence-electron chi connectivity index (χ4n) is 3.12. The molecule has 1 unspecified atom stereocenters. The second kappa shape index (κ2) is 6.31. The van der Waals surface area contributed by atoms with Gasteiger partial charge in [-0.25, -0.2) is 0 Å². The highest BCUT2D eigenvalue weighted by molar-refractivity contribution is 5.38. The van der Waals surface area contributed by atoms with E-state index in [0.717, 1.165) is 5.75 Å². The van der Waals surface area contributed by atoms with Crippen LogP contribution in [0.2, 0.25) is 0 Å². The molecule has 0 aromatic heterocycles. The zero-order chi connectivity index (χ0) is 14.7. The van der Waals surface area contributed by atoms with Crippen LogP contribution in [0, 0.1) is 6.92 Å². The van der Waals surface area contributed by atoms with E-state index in [1.165, 1.54) is 41.5 Å². The first-order chi connectivity index (χ1) is 10.3. The van der Waals surface area contributed by atoms with Crippen LogP contribution in [0.25, 0.3) is 0 Å². The van der Waals surface area contributed by atoms with E-state index < -0.39 is 0 Å². The maximum Gasteiger partial charge on any atom is 0.119 e. The number of nitrogens with one attached hydrogen (secondary N) is 1. The predicted molar refractivity (Wildman–Crippen MR) is 86.9 cm³/mol. The molecule has 0 saturated heterocycles. The Bertz CT molecular complexity index is 621. The molecule has 2 aromatic rings. The van der Waals surface area contributed by atoms with Crippen LogP contribution in [-0.4, -0.2) is 13.7 Å². The van der Waals surface area contributed by atoms with Gasteiger partial charge in [0.05, 0.1) is 6.04 Å². The van der Waals surface area contributed by atoms with Gasteiger partial charge in [-0.15, -0.1) is 0 Å². The largest absolute Gasteiger partial charge is 0.492 e. The lowest BCUT2D eigenvalue weighted by Crippen LogP contribution is -2.24. The molecule has 110 valence electrons. The van der Waals surface area contributed by atoms with E-state index in [2.05, 4.69) is 54.7 Å². The summed E-state index contributed by atoms with van der Waals surface area (Å²) in [6, 6.07) is 15.2. The average molecular weight is 281 g/mol. The maximum absolute atomic E-state index is 6.03. The third-order valence-electron chi connectivity index (χ3n) is 4.40. The van der Waals surface area contributed by atoms with Gasteiger partial charge in [0.15, 0.2) is 0 Å². The molecule has 1 aliphatic carbocycles. The quantitative estimate of drug-likeness (QED) is 0.899. The van der Waals surface area contributed by atoms with Crippen LogP contribution in [-0.2, 0) is 12.8 Å². The van der Waals surface area contributed by atoms with Crippen molar-refractivity contribution in [3.63, 3.8) is 0 Å². The Labute approximate surface area is 127 Å². The number of benzene rings is 2. The Hall–Kier alpha value is -1.80. The first-order valence-electron chi connectivity index (χ1n) is 7.75. The van der Waals surface area contributed by atoms with Crippen molar-refractivity contribution in [2.24, 2.45) is 0 Å². The Morgan fingerprint density at radius 2 is 1.90 bits per heavy atom. The SMILES string of the molecule is CNC(COc1ccc2c(c1)CCC2)c1ccccc1C. The third kappa shape index (κ3) is 3.11. The van der Waals surface area contributed by atoms with E-state index in [0.29, 0.717) is 6.61 Å². The number of hydrogen-bond donors (Lipinski definition) is 1. The summed E-state index contributed by atoms with van der Waals surface area (Å²) in [4.78, 5) is 0. The van der Waals surface area contributed by atoms with Gasteiger partial charge in [-0.2, -0.15) is 0 Å². The van der Waals surface area contributed by atoms with Gasteiger partial charge in [0.2, 0.25) is 0 Å². The van der Waals surface area contributed by atoms with Crippen LogP contribution in [0.15, 0.2) is 42.5 Å². The van der Waals surface area contributed by atoms with Crippen LogP contribution in [0.1, 0.15) is 34.7 Å². The summed E-state index contributed by atoms with van der Waals surface area (Å²) < 4.78 is 6.03. The molecular weight excluding hydrogens is 258 g/mol. The number of ether oxygens (including phenoxy) is 1. The van der Waals surface area contributed by atoms with E-state index in [1.807, 2.05) is 7.05 Å². The molecule has 3 rings (SSSR count). The zero-order valence-corrected chi connectivity index (χ0v) is 12.9. The first kappa shape index (κ1) is 14.2. The van der Waals surface area contributed by atoms with Gasteiger partial charge in [0.25, 0.3) is 0 Å². The lowest BCUT2D eigenvalue weighted by molar-refractivity contribution is 0.272. The zero-order valence-electron chi connectivity index (χ0n) is 12.9. The molecule has 1 N–H and O–H groups in total. The molecule has 2 aromatic carbocycles. The van der Waals surface area contributed by atoms with E-state index in [9.17, 15) is 0 Å². The Morgan fingerprint density at radius 1 is 1.10 bits per heavy atom. The minimum absolute atomic E-state index is 0.222. The molecule has 0 heterocycles. The van der Waals surface area contributed by atoms with Crippen LogP contribution < -0.4 is 10.1 Å². The smallest absolute Gasteiger partial charge is 0.119 e. The second-order valence-corrected chi connectivity index (χ2v) is 5.79. The molecule has 1 aliphatic rings. The van der Waals surface area contributed by atoms with Crippen LogP contribution in [0.3, 0.4) is 0 Å². The summed E-state index contributed by atoms with van der Waals surface area (Å²) in [7, 11) is 1.99. The molecule has 0 fully saturated rings. The number of hydrogen-bond acceptors (Lipinski definition) is 2. The van der Waals surface area contributed by atoms with Crippen molar-refractivity contribution in [2.45, 2.75) is 32.2 Å². The molecule has 1 atom stereocenters. The van der Waals surface area contributed by atoms with Crippen molar-refractivity contribution in [1.29, 1.82) is 0 Å². The standard InChI is InChI=1S/C19H23NO/c1-14-6-3-4-9-18(14)19(20-2)13-21-17-11-10-15-7-5-8-16(15)12-17/h3-4,6,9-12,19-20H,5,7-8,13H2,1-2H3. The monoisotopic (exact) mass is 281 g/mol. The third-order valence-corrected chi connectivity index (χ3v) is 4.40. The van der Waals surface area contributed by atoms with Crippen LogP contribution >= 0.6 is 0 Å². The molecule has 21 heavy (non-hydrogen) atoms. The summed E-state index contributed by atoms with van der Waals surface area (Å²) in [5.74, 6) is 0.990. The molecule has 0 amide bonds. The highest BCUT2D eigenvalue weighted by Crippen LogP contribution is 2.27. The van der Waals surface area contributed by atoms with E-state index in [1.54, 1.807) is 0 Å². The van der Waals surface area contributed by atoms with Crippen molar-refractivity contribution in [3.05, 3.63) is 64.7 Å². The molecule has 0 saturated carbocycles.